The Morgan fingerprint density at radius 2 is 2.07 bits per heavy atom. The zero-order valence-corrected chi connectivity index (χ0v) is 17.7. The standard InChI is InChI=1S/C19H23ClN4O4S/c1-13-9-16(22-29(27,28)17-5-6-18(20)21-10-17)4-3-15(13)12-23-7-8-24(19(25)26)14(2)11-23/h3-6,9-10,14,22H,7-8,11-12H2,1-2H3,(H,25,26)/t14-/m0/s1. The summed E-state index contributed by atoms with van der Waals surface area (Å²) in [6.07, 6.45) is 0.324. The fourth-order valence-corrected chi connectivity index (χ4v) is 4.48. The number of nitrogens with zero attached hydrogens (tertiary/aromatic N) is 3. The Hall–Kier alpha value is -2.36. The van der Waals surface area contributed by atoms with Crippen LogP contribution in [0.3, 0.4) is 0 Å². The monoisotopic (exact) mass is 438 g/mol. The van der Waals surface area contributed by atoms with Gasteiger partial charge in [0, 0.05) is 44.1 Å². The quantitative estimate of drug-likeness (QED) is 0.695. The van der Waals surface area contributed by atoms with Gasteiger partial charge in [0.1, 0.15) is 10.0 Å². The normalized spacial score (nSPS) is 17.9. The number of carbonyl (C=O) groups is 1. The Morgan fingerprint density at radius 3 is 2.66 bits per heavy atom. The number of piperazine rings is 1. The van der Waals surface area contributed by atoms with Gasteiger partial charge in [-0.05, 0) is 49.2 Å². The largest absolute Gasteiger partial charge is 0.465 e. The summed E-state index contributed by atoms with van der Waals surface area (Å²) in [6, 6.07) is 8.15. The van der Waals surface area contributed by atoms with E-state index < -0.39 is 16.1 Å². The second-order valence-corrected chi connectivity index (χ2v) is 9.19. The van der Waals surface area contributed by atoms with E-state index in [-0.39, 0.29) is 16.1 Å². The van der Waals surface area contributed by atoms with E-state index in [1.165, 1.54) is 23.2 Å². The zero-order chi connectivity index (χ0) is 21.2. The van der Waals surface area contributed by atoms with Crippen LogP contribution < -0.4 is 4.72 Å². The number of carboxylic acid groups (broad SMARTS) is 1. The molecule has 10 heteroatoms. The number of amides is 1. The van der Waals surface area contributed by atoms with Crippen LogP contribution in [0.5, 0.6) is 0 Å². The third-order valence-corrected chi connectivity index (χ3v) is 6.55. The van der Waals surface area contributed by atoms with Crippen LogP contribution in [0.15, 0.2) is 41.4 Å². The van der Waals surface area contributed by atoms with Crippen LogP contribution in [0, 0.1) is 6.92 Å². The van der Waals surface area contributed by atoms with Gasteiger partial charge in [-0.1, -0.05) is 17.7 Å². The molecule has 156 valence electrons. The molecule has 0 aliphatic carbocycles. The number of sulfonamides is 1. The van der Waals surface area contributed by atoms with Gasteiger partial charge in [-0.3, -0.25) is 9.62 Å². The van der Waals surface area contributed by atoms with E-state index in [0.717, 1.165) is 11.1 Å². The Labute approximate surface area is 175 Å². The molecule has 0 unspecified atom stereocenters. The van der Waals surface area contributed by atoms with Gasteiger partial charge in [0.05, 0.1) is 0 Å². The van der Waals surface area contributed by atoms with E-state index >= 15 is 0 Å². The van der Waals surface area contributed by atoms with Crippen LogP contribution in [0.4, 0.5) is 10.5 Å². The fraction of sp³-hybridized carbons (Fsp3) is 0.368. The first-order valence-corrected chi connectivity index (χ1v) is 11.0. The predicted octanol–water partition coefficient (Wildman–Crippen LogP) is 3.03. The molecule has 0 bridgehead atoms. The molecule has 2 aromatic rings. The molecule has 1 atom stereocenters. The zero-order valence-electron chi connectivity index (χ0n) is 16.2. The number of hydrogen-bond donors (Lipinski definition) is 2. The van der Waals surface area contributed by atoms with Crippen molar-refractivity contribution in [2.24, 2.45) is 0 Å². The van der Waals surface area contributed by atoms with Crippen molar-refractivity contribution in [2.45, 2.75) is 31.3 Å². The first-order chi connectivity index (χ1) is 13.7. The van der Waals surface area contributed by atoms with Gasteiger partial charge < -0.3 is 10.0 Å². The van der Waals surface area contributed by atoms with Crippen molar-refractivity contribution < 1.29 is 18.3 Å². The summed E-state index contributed by atoms with van der Waals surface area (Å²) in [5.41, 5.74) is 2.48. The first-order valence-electron chi connectivity index (χ1n) is 9.11. The minimum absolute atomic E-state index is 0.0360. The maximum atomic E-state index is 12.5. The number of nitrogens with one attached hydrogen (secondary N) is 1. The van der Waals surface area contributed by atoms with Crippen molar-refractivity contribution in [3.05, 3.63) is 52.8 Å². The molecule has 1 amide bonds. The highest BCUT2D eigenvalue weighted by Crippen LogP contribution is 2.22. The van der Waals surface area contributed by atoms with Crippen molar-refractivity contribution in [1.29, 1.82) is 0 Å². The predicted molar refractivity (Wildman–Crippen MR) is 111 cm³/mol. The Bertz CT molecular complexity index is 998. The number of anilines is 1. The lowest BCUT2D eigenvalue weighted by Crippen LogP contribution is -2.53. The van der Waals surface area contributed by atoms with Crippen LogP contribution in [0.25, 0.3) is 0 Å². The third kappa shape index (κ3) is 5.17. The number of rotatable bonds is 5. The molecule has 3 rings (SSSR count). The molecule has 0 saturated carbocycles. The molecule has 8 nitrogen and oxygen atoms in total. The van der Waals surface area contributed by atoms with Crippen molar-refractivity contribution in [3.8, 4) is 0 Å². The number of halogens is 1. The van der Waals surface area contributed by atoms with Crippen molar-refractivity contribution in [1.82, 2.24) is 14.8 Å². The van der Waals surface area contributed by atoms with Gasteiger partial charge in [-0.25, -0.2) is 18.2 Å². The van der Waals surface area contributed by atoms with E-state index in [4.69, 9.17) is 11.6 Å². The average molecular weight is 439 g/mol. The molecule has 0 spiro atoms. The molecular weight excluding hydrogens is 416 g/mol. The van der Waals surface area contributed by atoms with Gasteiger partial charge in [0.2, 0.25) is 0 Å². The second-order valence-electron chi connectivity index (χ2n) is 7.12. The number of hydrogen-bond acceptors (Lipinski definition) is 5. The molecule has 29 heavy (non-hydrogen) atoms. The topological polar surface area (TPSA) is 103 Å². The number of aromatic nitrogens is 1. The van der Waals surface area contributed by atoms with Crippen LogP contribution in [-0.2, 0) is 16.6 Å². The molecule has 1 aliphatic rings. The molecule has 1 aromatic carbocycles. The molecule has 1 aromatic heterocycles. The highest BCUT2D eigenvalue weighted by molar-refractivity contribution is 7.92. The number of benzene rings is 1. The summed E-state index contributed by atoms with van der Waals surface area (Å²) in [6.45, 7) is 6.29. The van der Waals surface area contributed by atoms with E-state index in [9.17, 15) is 18.3 Å². The van der Waals surface area contributed by atoms with Crippen LogP contribution in [-0.4, -0.2) is 60.1 Å². The summed E-state index contributed by atoms with van der Waals surface area (Å²) < 4.78 is 27.5. The van der Waals surface area contributed by atoms with Crippen molar-refractivity contribution in [3.63, 3.8) is 0 Å². The Balaban J connectivity index is 1.67. The summed E-state index contributed by atoms with van der Waals surface area (Å²) >= 11 is 5.71. The molecule has 1 saturated heterocycles. The van der Waals surface area contributed by atoms with Crippen LogP contribution >= 0.6 is 11.6 Å². The summed E-state index contributed by atoms with van der Waals surface area (Å²) in [7, 11) is -3.75. The highest BCUT2D eigenvalue weighted by atomic mass is 35.5. The number of aryl methyl sites for hydroxylation is 1. The second kappa shape index (κ2) is 8.56. The maximum Gasteiger partial charge on any atom is 0.407 e. The van der Waals surface area contributed by atoms with Gasteiger partial charge in [-0.15, -0.1) is 0 Å². The average Bonchev–Trinajstić information content (AvgIpc) is 2.64. The van der Waals surface area contributed by atoms with Crippen LogP contribution in [0.2, 0.25) is 5.15 Å². The van der Waals surface area contributed by atoms with Crippen molar-refractivity contribution >= 4 is 33.4 Å². The van der Waals surface area contributed by atoms with E-state index in [1.54, 1.807) is 12.1 Å². The van der Waals surface area contributed by atoms with Gasteiger partial charge in [-0.2, -0.15) is 0 Å². The fourth-order valence-electron chi connectivity index (χ4n) is 3.37. The summed E-state index contributed by atoms with van der Waals surface area (Å²) in [4.78, 5) is 18.7. The minimum atomic E-state index is -3.75. The third-order valence-electron chi connectivity index (χ3n) is 4.96. The van der Waals surface area contributed by atoms with Gasteiger partial charge >= 0.3 is 6.09 Å². The molecular formula is C19H23ClN4O4S. The van der Waals surface area contributed by atoms with Crippen molar-refractivity contribution in [2.75, 3.05) is 24.4 Å². The number of pyridine rings is 1. The summed E-state index contributed by atoms with van der Waals surface area (Å²) in [5.74, 6) is 0. The van der Waals surface area contributed by atoms with Gasteiger partial charge in [0.25, 0.3) is 10.0 Å². The molecule has 2 N–H and O–H groups in total. The Morgan fingerprint density at radius 1 is 1.31 bits per heavy atom. The lowest BCUT2D eigenvalue weighted by molar-refractivity contribution is 0.0710. The first kappa shape index (κ1) is 21.4. The summed E-state index contributed by atoms with van der Waals surface area (Å²) in [5, 5.41) is 9.41. The smallest absolute Gasteiger partial charge is 0.407 e. The lowest BCUT2D eigenvalue weighted by Gasteiger charge is -2.38. The van der Waals surface area contributed by atoms with E-state index in [1.807, 2.05) is 19.9 Å². The van der Waals surface area contributed by atoms with Gasteiger partial charge in [0.15, 0.2) is 0 Å². The maximum absolute atomic E-state index is 12.5. The highest BCUT2D eigenvalue weighted by Gasteiger charge is 2.27. The van der Waals surface area contributed by atoms with Crippen LogP contribution in [0.1, 0.15) is 18.1 Å². The molecule has 2 heterocycles. The van der Waals surface area contributed by atoms with E-state index in [0.29, 0.717) is 31.9 Å². The minimum Gasteiger partial charge on any atom is -0.465 e. The molecule has 1 fully saturated rings. The lowest BCUT2D eigenvalue weighted by atomic mass is 10.1. The molecule has 1 aliphatic heterocycles. The Kier molecular flexibility index (Phi) is 6.30. The SMILES string of the molecule is Cc1cc(NS(=O)(=O)c2ccc(Cl)nc2)ccc1CN1CCN(C(=O)O)[C@@H](C)C1. The molecule has 0 radical (unpaired) electrons. The van der Waals surface area contributed by atoms with E-state index in [2.05, 4.69) is 14.6 Å².